The van der Waals surface area contributed by atoms with Gasteiger partial charge in [-0.2, -0.15) is 0 Å². The van der Waals surface area contributed by atoms with Gasteiger partial charge in [0.1, 0.15) is 17.5 Å². The summed E-state index contributed by atoms with van der Waals surface area (Å²) in [5.74, 6) is 0.962. The number of carbonyl (C=O) groups is 2. The van der Waals surface area contributed by atoms with Crippen LogP contribution in [0.3, 0.4) is 0 Å². The van der Waals surface area contributed by atoms with Crippen molar-refractivity contribution in [2.24, 2.45) is 5.92 Å². The number of hydrogen-bond acceptors (Lipinski definition) is 5. The summed E-state index contributed by atoms with van der Waals surface area (Å²) in [5.41, 5.74) is 3.34. The van der Waals surface area contributed by atoms with E-state index >= 15 is 0 Å². The molecule has 34 heavy (non-hydrogen) atoms. The normalized spacial score (nSPS) is 11.6. The van der Waals surface area contributed by atoms with Gasteiger partial charge in [-0.15, -0.1) is 0 Å². The molecule has 7 heteroatoms. The maximum Gasteiger partial charge on any atom is 0.255 e. The molecule has 0 aliphatic carbocycles. The first-order chi connectivity index (χ1) is 16.3. The molecule has 3 rings (SSSR count). The molecule has 0 bridgehead atoms. The fourth-order valence-electron chi connectivity index (χ4n) is 3.39. The Labute approximate surface area is 200 Å². The molecule has 2 N–H and O–H groups in total. The van der Waals surface area contributed by atoms with Crippen molar-refractivity contribution in [3.63, 3.8) is 0 Å². The van der Waals surface area contributed by atoms with Gasteiger partial charge in [0.2, 0.25) is 11.8 Å². The lowest BCUT2D eigenvalue weighted by Crippen LogP contribution is -2.49. The number of aryl methyl sites for hydroxylation is 2. The number of methoxy groups -OCH3 is 1. The van der Waals surface area contributed by atoms with Crippen LogP contribution in [0.25, 0.3) is 0 Å². The van der Waals surface area contributed by atoms with Crippen LogP contribution in [-0.4, -0.2) is 29.9 Å². The number of carbonyl (C=O) groups excluding carboxylic acids is 2. The van der Waals surface area contributed by atoms with Gasteiger partial charge >= 0.3 is 0 Å². The number of benzene rings is 2. The van der Waals surface area contributed by atoms with Crippen LogP contribution < -0.4 is 20.1 Å². The van der Waals surface area contributed by atoms with Crippen LogP contribution in [0.15, 0.2) is 60.8 Å². The Hall–Kier alpha value is -3.87. The van der Waals surface area contributed by atoms with Crippen molar-refractivity contribution in [1.82, 2.24) is 15.6 Å². The summed E-state index contributed by atoms with van der Waals surface area (Å²) in [5, 5.41) is 5.71. The van der Waals surface area contributed by atoms with Crippen LogP contribution in [0.2, 0.25) is 0 Å². The molecule has 1 atom stereocenters. The highest BCUT2D eigenvalue weighted by molar-refractivity contribution is 5.99. The van der Waals surface area contributed by atoms with Gasteiger partial charge in [-0.3, -0.25) is 9.59 Å². The third-order valence-electron chi connectivity index (χ3n) is 5.41. The maximum absolute atomic E-state index is 12.9. The van der Waals surface area contributed by atoms with Gasteiger partial charge in [0.25, 0.3) is 5.91 Å². The number of nitrogens with zero attached hydrogens (tertiary/aromatic N) is 1. The summed E-state index contributed by atoms with van der Waals surface area (Å²) in [7, 11) is 1.51. The zero-order valence-corrected chi connectivity index (χ0v) is 20.2. The van der Waals surface area contributed by atoms with E-state index in [1.807, 2.05) is 52.0 Å². The Kier molecular flexibility index (Phi) is 8.24. The van der Waals surface area contributed by atoms with E-state index in [2.05, 4.69) is 15.6 Å². The highest BCUT2D eigenvalue weighted by Gasteiger charge is 2.25. The molecular formula is C27H31N3O4. The first-order valence-electron chi connectivity index (χ1n) is 11.2. The standard InChI is InChI=1S/C27H31N3O4/c1-17(2)25(30-26(31)21-8-6-7-9-22(21)33-5)27(32)29-16-20-12-13-24(28-15-20)34-23-14-18(3)10-11-19(23)4/h6-15,17,25H,16H2,1-5H3,(H,29,32)(H,30,31). The molecule has 1 unspecified atom stereocenters. The highest BCUT2D eigenvalue weighted by Crippen LogP contribution is 2.24. The van der Waals surface area contributed by atoms with E-state index in [1.165, 1.54) is 7.11 Å². The lowest BCUT2D eigenvalue weighted by atomic mass is 10.0. The van der Waals surface area contributed by atoms with Gasteiger partial charge in [0, 0.05) is 18.8 Å². The van der Waals surface area contributed by atoms with E-state index < -0.39 is 6.04 Å². The lowest BCUT2D eigenvalue weighted by molar-refractivity contribution is -0.124. The average molecular weight is 462 g/mol. The Morgan fingerprint density at radius 3 is 2.44 bits per heavy atom. The smallest absolute Gasteiger partial charge is 0.255 e. The number of amides is 2. The molecule has 178 valence electrons. The van der Waals surface area contributed by atoms with Crippen LogP contribution in [0, 0.1) is 19.8 Å². The van der Waals surface area contributed by atoms with Crippen molar-refractivity contribution in [3.05, 3.63) is 83.0 Å². The molecule has 1 heterocycles. The largest absolute Gasteiger partial charge is 0.496 e. The molecule has 2 aromatic carbocycles. The topological polar surface area (TPSA) is 89.5 Å². The van der Waals surface area contributed by atoms with Crippen LogP contribution in [-0.2, 0) is 11.3 Å². The second-order valence-electron chi connectivity index (χ2n) is 8.49. The van der Waals surface area contributed by atoms with Crippen molar-refractivity contribution >= 4 is 11.8 Å². The van der Waals surface area contributed by atoms with E-state index in [1.54, 1.807) is 36.5 Å². The monoisotopic (exact) mass is 461 g/mol. The summed E-state index contributed by atoms with van der Waals surface area (Å²) in [6, 6.07) is 15.8. The fourth-order valence-corrected chi connectivity index (χ4v) is 3.39. The van der Waals surface area contributed by atoms with Gasteiger partial charge < -0.3 is 20.1 Å². The fraction of sp³-hybridized carbons (Fsp3) is 0.296. The number of aromatic nitrogens is 1. The third kappa shape index (κ3) is 6.34. The molecule has 7 nitrogen and oxygen atoms in total. The zero-order valence-electron chi connectivity index (χ0n) is 20.2. The summed E-state index contributed by atoms with van der Waals surface area (Å²) in [4.78, 5) is 30.0. The number of hydrogen-bond donors (Lipinski definition) is 2. The van der Waals surface area contributed by atoms with E-state index in [0.29, 0.717) is 17.2 Å². The first kappa shape index (κ1) is 24.8. The predicted molar refractivity (Wildman–Crippen MR) is 131 cm³/mol. The number of rotatable bonds is 9. The summed E-state index contributed by atoms with van der Waals surface area (Å²) in [6.07, 6.45) is 1.67. The van der Waals surface area contributed by atoms with Crippen molar-refractivity contribution < 1.29 is 19.1 Å². The van der Waals surface area contributed by atoms with Crippen molar-refractivity contribution in [1.29, 1.82) is 0 Å². The molecular weight excluding hydrogens is 430 g/mol. The zero-order chi connectivity index (χ0) is 24.7. The second kappa shape index (κ2) is 11.3. The molecule has 0 fully saturated rings. The molecule has 3 aromatic rings. The SMILES string of the molecule is COc1ccccc1C(=O)NC(C(=O)NCc1ccc(Oc2cc(C)ccc2C)nc1)C(C)C. The maximum atomic E-state index is 12.9. The highest BCUT2D eigenvalue weighted by atomic mass is 16.5. The Morgan fingerprint density at radius 1 is 1.00 bits per heavy atom. The Bertz CT molecular complexity index is 1140. The van der Waals surface area contributed by atoms with Crippen molar-refractivity contribution in [3.8, 4) is 17.4 Å². The Balaban J connectivity index is 1.60. The minimum atomic E-state index is -0.697. The van der Waals surface area contributed by atoms with Gasteiger partial charge in [-0.25, -0.2) is 4.98 Å². The first-order valence-corrected chi connectivity index (χ1v) is 11.2. The van der Waals surface area contributed by atoms with E-state index in [0.717, 1.165) is 22.4 Å². The molecule has 2 amide bonds. The number of pyridine rings is 1. The average Bonchev–Trinajstić information content (AvgIpc) is 2.83. The van der Waals surface area contributed by atoms with Gasteiger partial charge in [-0.05, 0) is 54.7 Å². The molecule has 0 spiro atoms. The van der Waals surface area contributed by atoms with Gasteiger partial charge in [0.05, 0.1) is 12.7 Å². The molecule has 0 aliphatic rings. The van der Waals surface area contributed by atoms with Crippen LogP contribution >= 0.6 is 0 Å². The Morgan fingerprint density at radius 2 is 1.76 bits per heavy atom. The second-order valence-corrected chi connectivity index (χ2v) is 8.49. The van der Waals surface area contributed by atoms with Gasteiger partial charge in [0.15, 0.2) is 0 Å². The minimum absolute atomic E-state index is 0.106. The van der Waals surface area contributed by atoms with Crippen LogP contribution in [0.4, 0.5) is 0 Å². The molecule has 0 aliphatic heterocycles. The molecule has 1 aromatic heterocycles. The number of para-hydroxylation sites is 1. The molecule has 0 saturated carbocycles. The summed E-state index contributed by atoms with van der Waals surface area (Å²) < 4.78 is 11.1. The quantitative estimate of drug-likeness (QED) is 0.487. The molecule has 0 saturated heterocycles. The van der Waals surface area contributed by atoms with E-state index in [-0.39, 0.29) is 24.3 Å². The number of nitrogens with one attached hydrogen (secondary N) is 2. The predicted octanol–water partition coefficient (Wildman–Crippen LogP) is 4.57. The summed E-state index contributed by atoms with van der Waals surface area (Å²) >= 11 is 0. The van der Waals surface area contributed by atoms with E-state index in [4.69, 9.17) is 9.47 Å². The van der Waals surface area contributed by atoms with Crippen LogP contribution in [0.5, 0.6) is 17.4 Å². The molecule has 0 radical (unpaired) electrons. The van der Waals surface area contributed by atoms with Crippen molar-refractivity contribution in [2.75, 3.05) is 7.11 Å². The number of ether oxygens (including phenoxy) is 2. The summed E-state index contributed by atoms with van der Waals surface area (Å²) in [6.45, 7) is 8.04. The third-order valence-corrected chi connectivity index (χ3v) is 5.41. The van der Waals surface area contributed by atoms with Gasteiger partial charge in [-0.1, -0.05) is 44.2 Å². The minimum Gasteiger partial charge on any atom is -0.496 e. The van der Waals surface area contributed by atoms with Crippen molar-refractivity contribution in [2.45, 2.75) is 40.3 Å². The van der Waals surface area contributed by atoms with Crippen LogP contribution in [0.1, 0.15) is 40.9 Å². The van der Waals surface area contributed by atoms with E-state index in [9.17, 15) is 9.59 Å². The lowest BCUT2D eigenvalue weighted by Gasteiger charge is -2.22.